The molecule has 0 saturated heterocycles. The van der Waals surface area contributed by atoms with Gasteiger partial charge in [0.2, 0.25) is 0 Å². The van der Waals surface area contributed by atoms with Crippen molar-refractivity contribution >= 4 is 0 Å². The lowest BCUT2D eigenvalue weighted by Gasteiger charge is -2.28. The minimum Gasteiger partial charge on any atom is -0.392 e. The van der Waals surface area contributed by atoms with Crippen LogP contribution in [0.5, 0.6) is 0 Å². The lowest BCUT2D eigenvalue weighted by molar-refractivity contribution is 0.266. The van der Waals surface area contributed by atoms with Crippen molar-refractivity contribution in [2.75, 3.05) is 6.61 Å². The Kier molecular flexibility index (Phi) is 2.30. The molecule has 1 saturated carbocycles. The van der Waals surface area contributed by atoms with Crippen LogP contribution in [-0.4, -0.2) is 11.7 Å². The van der Waals surface area contributed by atoms with E-state index in [4.69, 9.17) is 5.11 Å². The third-order valence-corrected chi connectivity index (χ3v) is 4.28. The molecule has 2 aliphatic carbocycles. The Labute approximate surface area is 86.5 Å². The molecule has 2 rings (SSSR count). The maximum atomic E-state index is 8.88. The molecule has 0 aromatic rings. The molecule has 0 aromatic heterocycles. The fourth-order valence-electron chi connectivity index (χ4n) is 3.05. The first-order valence-corrected chi connectivity index (χ1v) is 5.53. The Morgan fingerprint density at radius 2 is 2.21 bits per heavy atom. The fraction of sp³-hybridized carbons (Fsp3) is 0.692. The van der Waals surface area contributed by atoms with Crippen LogP contribution in [0, 0.1) is 17.3 Å². The van der Waals surface area contributed by atoms with Crippen LogP contribution in [0.2, 0.25) is 0 Å². The number of rotatable bonds is 1. The summed E-state index contributed by atoms with van der Waals surface area (Å²) in [5.74, 6) is 1.52. The van der Waals surface area contributed by atoms with Crippen molar-refractivity contribution < 1.29 is 5.11 Å². The maximum absolute atomic E-state index is 8.88. The molecule has 0 aromatic carbocycles. The molecule has 0 heterocycles. The molecule has 78 valence electrons. The van der Waals surface area contributed by atoms with Gasteiger partial charge in [-0.3, -0.25) is 0 Å². The van der Waals surface area contributed by atoms with E-state index < -0.39 is 0 Å². The van der Waals surface area contributed by atoms with Crippen molar-refractivity contribution in [3.8, 4) is 0 Å². The molecule has 0 radical (unpaired) electrons. The van der Waals surface area contributed by atoms with Gasteiger partial charge < -0.3 is 5.11 Å². The molecular weight excluding hydrogens is 172 g/mol. The maximum Gasteiger partial charge on any atom is 0.0615 e. The first kappa shape index (κ1) is 9.97. The van der Waals surface area contributed by atoms with Crippen molar-refractivity contribution in [2.45, 2.75) is 33.6 Å². The summed E-state index contributed by atoms with van der Waals surface area (Å²) in [6.45, 7) is 7.17. The van der Waals surface area contributed by atoms with E-state index in [0.29, 0.717) is 5.41 Å². The SMILES string of the molecule is CC1=CC2C/C(=C\CO)CC2C1(C)C. The van der Waals surface area contributed by atoms with Crippen LogP contribution < -0.4 is 0 Å². The van der Waals surface area contributed by atoms with Crippen LogP contribution in [0.3, 0.4) is 0 Å². The van der Waals surface area contributed by atoms with E-state index in [-0.39, 0.29) is 6.61 Å². The highest BCUT2D eigenvalue weighted by molar-refractivity contribution is 5.29. The molecule has 1 fully saturated rings. The van der Waals surface area contributed by atoms with E-state index in [1.54, 1.807) is 5.57 Å². The van der Waals surface area contributed by atoms with Crippen molar-refractivity contribution in [2.24, 2.45) is 17.3 Å². The van der Waals surface area contributed by atoms with E-state index in [2.05, 4.69) is 26.8 Å². The van der Waals surface area contributed by atoms with Crippen molar-refractivity contribution in [3.63, 3.8) is 0 Å². The number of fused-ring (bicyclic) bond motifs is 1. The average molecular weight is 192 g/mol. The average Bonchev–Trinajstić information content (AvgIpc) is 2.56. The zero-order valence-corrected chi connectivity index (χ0v) is 9.38. The third kappa shape index (κ3) is 1.35. The first-order valence-electron chi connectivity index (χ1n) is 5.53. The molecule has 2 atom stereocenters. The Morgan fingerprint density at radius 3 is 2.79 bits per heavy atom. The molecule has 0 bridgehead atoms. The molecule has 1 N–H and O–H groups in total. The van der Waals surface area contributed by atoms with Gasteiger partial charge >= 0.3 is 0 Å². The van der Waals surface area contributed by atoms with Crippen LogP contribution in [0.4, 0.5) is 0 Å². The minimum absolute atomic E-state index is 0.206. The molecule has 2 unspecified atom stereocenters. The fourth-order valence-corrected chi connectivity index (χ4v) is 3.05. The van der Waals surface area contributed by atoms with E-state index in [0.717, 1.165) is 11.8 Å². The van der Waals surface area contributed by atoms with Gasteiger partial charge in [0.1, 0.15) is 0 Å². The molecular formula is C13H20O. The quantitative estimate of drug-likeness (QED) is 0.633. The predicted molar refractivity (Wildman–Crippen MR) is 58.9 cm³/mol. The number of hydrogen-bond acceptors (Lipinski definition) is 1. The summed E-state index contributed by atoms with van der Waals surface area (Å²) in [6.07, 6.45) is 6.80. The zero-order chi connectivity index (χ0) is 10.3. The van der Waals surface area contributed by atoms with Gasteiger partial charge in [0.25, 0.3) is 0 Å². The number of hydrogen-bond donors (Lipinski definition) is 1. The van der Waals surface area contributed by atoms with Crippen LogP contribution >= 0.6 is 0 Å². The van der Waals surface area contributed by atoms with Gasteiger partial charge in [0.15, 0.2) is 0 Å². The van der Waals surface area contributed by atoms with E-state index >= 15 is 0 Å². The summed E-state index contributed by atoms with van der Waals surface area (Å²) in [4.78, 5) is 0. The van der Waals surface area contributed by atoms with Crippen molar-refractivity contribution in [1.29, 1.82) is 0 Å². The molecule has 1 heteroatoms. The first-order chi connectivity index (χ1) is 6.55. The number of aliphatic hydroxyl groups is 1. The minimum atomic E-state index is 0.206. The van der Waals surface area contributed by atoms with E-state index in [1.807, 2.05) is 6.08 Å². The standard InChI is InChI=1S/C13H20O/c1-9-6-11-7-10(4-5-14)8-12(11)13(9,2)3/h4,6,11-12,14H,5,7-8H2,1-3H3/b10-4+. The lowest BCUT2D eigenvalue weighted by atomic mass is 9.76. The summed E-state index contributed by atoms with van der Waals surface area (Å²) < 4.78 is 0. The smallest absolute Gasteiger partial charge is 0.0615 e. The van der Waals surface area contributed by atoms with Gasteiger partial charge in [-0.15, -0.1) is 0 Å². The molecule has 2 aliphatic rings. The van der Waals surface area contributed by atoms with Gasteiger partial charge in [-0.25, -0.2) is 0 Å². The molecule has 0 spiro atoms. The second-order valence-electron chi connectivity index (χ2n) is 5.29. The summed E-state index contributed by atoms with van der Waals surface area (Å²) in [5.41, 5.74) is 3.38. The topological polar surface area (TPSA) is 20.2 Å². The Balaban J connectivity index is 2.21. The number of allylic oxidation sites excluding steroid dienone is 3. The van der Waals surface area contributed by atoms with Crippen LogP contribution in [-0.2, 0) is 0 Å². The Morgan fingerprint density at radius 1 is 1.50 bits per heavy atom. The highest BCUT2D eigenvalue weighted by Crippen LogP contribution is 2.55. The molecule has 0 amide bonds. The highest BCUT2D eigenvalue weighted by Gasteiger charge is 2.44. The normalized spacial score (nSPS) is 37.4. The zero-order valence-electron chi connectivity index (χ0n) is 9.38. The van der Waals surface area contributed by atoms with Gasteiger partial charge in [0.05, 0.1) is 6.61 Å². The van der Waals surface area contributed by atoms with Crippen LogP contribution in [0.15, 0.2) is 23.3 Å². The van der Waals surface area contributed by atoms with Crippen LogP contribution in [0.1, 0.15) is 33.6 Å². The van der Waals surface area contributed by atoms with E-state index in [1.165, 1.54) is 18.4 Å². The van der Waals surface area contributed by atoms with Crippen LogP contribution in [0.25, 0.3) is 0 Å². The monoisotopic (exact) mass is 192 g/mol. The molecule has 14 heavy (non-hydrogen) atoms. The molecule has 1 nitrogen and oxygen atoms in total. The van der Waals surface area contributed by atoms with Crippen molar-refractivity contribution in [3.05, 3.63) is 23.3 Å². The van der Waals surface area contributed by atoms with Gasteiger partial charge in [-0.1, -0.05) is 37.1 Å². The second kappa shape index (κ2) is 3.23. The lowest BCUT2D eigenvalue weighted by Crippen LogP contribution is -2.21. The second-order valence-corrected chi connectivity index (χ2v) is 5.29. The third-order valence-electron chi connectivity index (χ3n) is 4.28. The largest absolute Gasteiger partial charge is 0.392 e. The Bertz CT molecular complexity index is 296. The summed E-state index contributed by atoms with van der Waals surface area (Å²) in [6, 6.07) is 0. The predicted octanol–water partition coefficient (Wildman–Crippen LogP) is 2.92. The van der Waals surface area contributed by atoms with Gasteiger partial charge in [-0.2, -0.15) is 0 Å². The summed E-state index contributed by atoms with van der Waals surface area (Å²) in [7, 11) is 0. The number of aliphatic hydroxyl groups excluding tert-OH is 1. The summed E-state index contributed by atoms with van der Waals surface area (Å²) in [5, 5.41) is 8.88. The van der Waals surface area contributed by atoms with Crippen molar-refractivity contribution in [1.82, 2.24) is 0 Å². The van der Waals surface area contributed by atoms with Gasteiger partial charge in [-0.05, 0) is 37.0 Å². The summed E-state index contributed by atoms with van der Waals surface area (Å²) >= 11 is 0. The molecule has 0 aliphatic heterocycles. The van der Waals surface area contributed by atoms with E-state index in [9.17, 15) is 0 Å². The Hall–Kier alpha value is -0.560. The highest BCUT2D eigenvalue weighted by atomic mass is 16.2. The van der Waals surface area contributed by atoms with Gasteiger partial charge in [0, 0.05) is 0 Å².